The van der Waals surface area contributed by atoms with Gasteiger partial charge in [0.25, 0.3) is 0 Å². The molecule has 0 saturated heterocycles. The van der Waals surface area contributed by atoms with Crippen molar-refractivity contribution in [3.63, 3.8) is 0 Å². The molecule has 21 heavy (non-hydrogen) atoms. The highest BCUT2D eigenvalue weighted by Crippen LogP contribution is 2.12. The zero-order valence-corrected chi connectivity index (χ0v) is 12.3. The minimum absolute atomic E-state index is 0.502. The maximum Gasteiger partial charge on any atom is 0.231 e. The van der Waals surface area contributed by atoms with Crippen molar-refractivity contribution in [2.45, 2.75) is 6.54 Å². The molecule has 0 aliphatic carbocycles. The van der Waals surface area contributed by atoms with Gasteiger partial charge < -0.3 is 15.5 Å². The summed E-state index contributed by atoms with van der Waals surface area (Å²) in [4.78, 5) is 14.7. The fraction of sp³-hybridized carbons (Fsp3) is 0.286. The molecule has 1 aromatic carbocycles. The van der Waals surface area contributed by atoms with E-state index in [9.17, 15) is 0 Å². The predicted molar refractivity (Wildman–Crippen MR) is 82.2 cm³/mol. The second-order valence-corrected chi connectivity index (χ2v) is 4.59. The Bertz CT molecular complexity index is 643. The number of aromatic nitrogens is 3. The molecule has 108 valence electrons. The molecule has 0 radical (unpaired) electrons. The average Bonchev–Trinajstić information content (AvgIpc) is 2.53. The molecule has 1 aromatic heterocycles. The summed E-state index contributed by atoms with van der Waals surface area (Å²) in [6.45, 7) is 0.575. The Morgan fingerprint density at radius 1 is 1.10 bits per heavy atom. The van der Waals surface area contributed by atoms with Gasteiger partial charge in [0.2, 0.25) is 17.8 Å². The van der Waals surface area contributed by atoms with Crippen LogP contribution in [0.2, 0.25) is 0 Å². The van der Waals surface area contributed by atoms with Crippen LogP contribution in [0.4, 0.5) is 17.8 Å². The van der Waals surface area contributed by atoms with E-state index in [-0.39, 0.29) is 0 Å². The lowest BCUT2D eigenvalue weighted by Crippen LogP contribution is -2.16. The van der Waals surface area contributed by atoms with Gasteiger partial charge in [0.15, 0.2) is 0 Å². The van der Waals surface area contributed by atoms with Crippen molar-refractivity contribution in [2.24, 2.45) is 0 Å². The van der Waals surface area contributed by atoms with Crippen molar-refractivity contribution in [3.8, 4) is 6.07 Å². The van der Waals surface area contributed by atoms with Gasteiger partial charge in [-0.3, -0.25) is 0 Å². The molecule has 0 atom stereocenters. The third-order valence-electron chi connectivity index (χ3n) is 2.78. The molecule has 2 rings (SSSR count). The summed E-state index contributed by atoms with van der Waals surface area (Å²) in [5.74, 6) is 1.59. The normalized spacial score (nSPS) is 9.81. The van der Waals surface area contributed by atoms with Gasteiger partial charge in [-0.2, -0.15) is 20.2 Å². The summed E-state index contributed by atoms with van der Waals surface area (Å²) in [5.41, 5.74) is 1.69. The maximum absolute atomic E-state index is 8.77. The number of benzene rings is 1. The van der Waals surface area contributed by atoms with Gasteiger partial charge in [-0.05, 0) is 17.7 Å². The molecule has 7 nitrogen and oxygen atoms in total. The molecule has 0 amide bonds. The summed E-state index contributed by atoms with van der Waals surface area (Å²) < 4.78 is 0. The van der Waals surface area contributed by atoms with Crippen molar-refractivity contribution in [1.29, 1.82) is 5.26 Å². The van der Waals surface area contributed by atoms with E-state index in [1.54, 1.807) is 19.2 Å². The molecule has 0 fully saturated rings. The van der Waals surface area contributed by atoms with Gasteiger partial charge in [-0.25, -0.2) is 0 Å². The lowest BCUT2D eigenvalue weighted by atomic mass is 10.1. The van der Waals surface area contributed by atoms with Gasteiger partial charge in [0.05, 0.1) is 11.6 Å². The van der Waals surface area contributed by atoms with E-state index in [4.69, 9.17) is 5.26 Å². The second-order valence-electron chi connectivity index (χ2n) is 4.59. The van der Waals surface area contributed by atoms with E-state index >= 15 is 0 Å². The topological polar surface area (TPSA) is 89.8 Å². The molecule has 0 aliphatic rings. The van der Waals surface area contributed by atoms with Crippen LogP contribution in [-0.4, -0.2) is 36.1 Å². The van der Waals surface area contributed by atoms with Crippen LogP contribution in [0.15, 0.2) is 24.3 Å². The molecule has 0 saturated carbocycles. The second kappa shape index (κ2) is 6.52. The largest absolute Gasteiger partial charge is 0.357 e. The van der Waals surface area contributed by atoms with Gasteiger partial charge in [0, 0.05) is 27.7 Å². The summed E-state index contributed by atoms with van der Waals surface area (Å²) in [6.07, 6.45) is 0. The van der Waals surface area contributed by atoms with Crippen LogP contribution >= 0.6 is 0 Å². The molecule has 0 aliphatic heterocycles. The third kappa shape index (κ3) is 3.79. The summed E-state index contributed by atoms with van der Waals surface area (Å²) in [6, 6.07) is 9.47. The fourth-order valence-corrected chi connectivity index (χ4v) is 1.63. The highest BCUT2D eigenvalue weighted by molar-refractivity contribution is 5.43. The number of hydrogen-bond acceptors (Lipinski definition) is 7. The third-order valence-corrected chi connectivity index (χ3v) is 2.78. The Kier molecular flexibility index (Phi) is 4.51. The monoisotopic (exact) mass is 283 g/mol. The van der Waals surface area contributed by atoms with Crippen molar-refractivity contribution < 1.29 is 0 Å². The highest BCUT2D eigenvalue weighted by atomic mass is 15.3. The van der Waals surface area contributed by atoms with E-state index in [1.807, 2.05) is 31.1 Å². The van der Waals surface area contributed by atoms with Crippen molar-refractivity contribution in [3.05, 3.63) is 35.4 Å². The minimum Gasteiger partial charge on any atom is -0.357 e. The lowest BCUT2D eigenvalue weighted by Gasteiger charge is -2.13. The molecular formula is C14H17N7. The van der Waals surface area contributed by atoms with Crippen LogP contribution in [0.5, 0.6) is 0 Å². The van der Waals surface area contributed by atoms with Crippen LogP contribution < -0.4 is 15.5 Å². The van der Waals surface area contributed by atoms with Crippen LogP contribution in [0, 0.1) is 11.3 Å². The number of nitrogens with zero attached hydrogens (tertiary/aromatic N) is 5. The van der Waals surface area contributed by atoms with Gasteiger partial charge in [0.1, 0.15) is 0 Å². The number of rotatable bonds is 5. The Balaban J connectivity index is 2.11. The molecule has 1 heterocycles. The molecule has 0 bridgehead atoms. The number of nitrogens with one attached hydrogen (secondary N) is 2. The SMILES string of the molecule is CNc1nc(NCc2ccc(C#N)cc2)nc(N(C)C)n1. The smallest absolute Gasteiger partial charge is 0.231 e. The van der Waals surface area contributed by atoms with Crippen molar-refractivity contribution in [2.75, 3.05) is 36.7 Å². The van der Waals surface area contributed by atoms with Crippen LogP contribution in [-0.2, 0) is 6.54 Å². The van der Waals surface area contributed by atoms with Crippen molar-refractivity contribution >= 4 is 17.8 Å². The fourth-order valence-electron chi connectivity index (χ4n) is 1.63. The maximum atomic E-state index is 8.77. The van der Waals surface area contributed by atoms with E-state index in [2.05, 4.69) is 31.7 Å². The minimum atomic E-state index is 0.502. The first-order valence-corrected chi connectivity index (χ1v) is 6.46. The molecule has 0 unspecified atom stereocenters. The van der Waals surface area contributed by atoms with Gasteiger partial charge >= 0.3 is 0 Å². The number of nitriles is 1. The summed E-state index contributed by atoms with van der Waals surface area (Å²) >= 11 is 0. The van der Waals surface area contributed by atoms with E-state index < -0.39 is 0 Å². The number of anilines is 3. The highest BCUT2D eigenvalue weighted by Gasteiger charge is 2.07. The molecule has 2 aromatic rings. The van der Waals surface area contributed by atoms with Crippen LogP contribution in [0.1, 0.15) is 11.1 Å². The predicted octanol–water partition coefficient (Wildman–Crippen LogP) is 1.46. The van der Waals surface area contributed by atoms with Gasteiger partial charge in [-0.1, -0.05) is 12.1 Å². The lowest BCUT2D eigenvalue weighted by molar-refractivity contribution is 0.944. The zero-order chi connectivity index (χ0) is 15.2. The Hall–Kier alpha value is -2.88. The van der Waals surface area contributed by atoms with Gasteiger partial charge in [-0.15, -0.1) is 0 Å². The Labute approximate surface area is 123 Å². The van der Waals surface area contributed by atoms with E-state index in [0.29, 0.717) is 30.0 Å². The molecular weight excluding hydrogens is 266 g/mol. The first kappa shape index (κ1) is 14.5. The summed E-state index contributed by atoms with van der Waals surface area (Å²) in [5, 5.41) is 14.8. The molecule has 7 heteroatoms. The van der Waals surface area contributed by atoms with Crippen molar-refractivity contribution in [1.82, 2.24) is 15.0 Å². The summed E-state index contributed by atoms with van der Waals surface area (Å²) in [7, 11) is 5.51. The van der Waals surface area contributed by atoms with Crippen LogP contribution in [0.3, 0.4) is 0 Å². The first-order valence-electron chi connectivity index (χ1n) is 6.46. The molecule has 2 N–H and O–H groups in total. The Morgan fingerprint density at radius 3 is 2.33 bits per heavy atom. The quantitative estimate of drug-likeness (QED) is 0.858. The van der Waals surface area contributed by atoms with E-state index in [1.165, 1.54) is 0 Å². The average molecular weight is 283 g/mol. The van der Waals surface area contributed by atoms with E-state index in [0.717, 1.165) is 5.56 Å². The first-order chi connectivity index (χ1) is 10.1. The standard InChI is InChI=1S/C14H17N7/c1-16-12-18-13(20-14(19-12)21(2)3)17-9-11-6-4-10(8-15)5-7-11/h4-7H,9H2,1-3H3,(H2,16,17,18,19,20). The van der Waals surface area contributed by atoms with Crippen LogP contribution in [0.25, 0.3) is 0 Å². The molecule has 0 spiro atoms. The zero-order valence-electron chi connectivity index (χ0n) is 12.3. The number of hydrogen-bond donors (Lipinski definition) is 2. The Morgan fingerprint density at radius 2 is 1.76 bits per heavy atom.